The van der Waals surface area contributed by atoms with Crippen molar-refractivity contribution in [2.45, 2.75) is 6.42 Å². The fourth-order valence-electron chi connectivity index (χ4n) is 1.65. The lowest BCUT2D eigenvalue weighted by Crippen LogP contribution is -2.30. The van der Waals surface area contributed by atoms with Gasteiger partial charge in [0.1, 0.15) is 10.1 Å². The zero-order valence-corrected chi connectivity index (χ0v) is 11.9. The highest BCUT2D eigenvalue weighted by atomic mass is 32.2. The molecule has 1 saturated heterocycles. The van der Waals surface area contributed by atoms with E-state index < -0.39 is 5.97 Å². The van der Waals surface area contributed by atoms with Crippen LogP contribution in [0.2, 0.25) is 0 Å². The maximum Gasteiger partial charge on any atom is 0.305 e. The Balaban J connectivity index is 2.19. The molecule has 0 atom stereocenters. The molecule has 20 heavy (non-hydrogen) atoms. The van der Waals surface area contributed by atoms with Crippen molar-refractivity contribution in [2.24, 2.45) is 0 Å². The molecule has 0 aromatic heterocycles. The first-order valence-corrected chi connectivity index (χ1v) is 6.96. The number of hydrogen-bond donors (Lipinski definition) is 2. The number of thioether (sulfide) groups is 1. The SMILES string of the molecule is O=C(O)CCN1C(=O)/C(=C/c2ccccc2O)SC1=S. The molecule has 1 heterocycles. The van der Waals surface area contributed by atoms with E-state index in [0.29, 0.717) is 14.8 Å². The van der Waals surface area contributed by atoms with Crippen LogP contribution in [0, 0.1) is 0 Å². The molecule has 2 N–H and O–H groups in total. The van der Waals surface area contributed by atoms with E-state index in [9.17, 15) is 14.7 Å². The Morgan fingerprint density at radius 3 is 2.75 bits per heavy atom. The maximum atomic E-state index is 12.1. The summed E-state index contributed by atoms with van der Waals surface area (Å²) in [5.74, 6) is -1.24. The number of nitrogens with zero attached hydrogens (tertiary/aromatic N) is 1. The highest BCUT2D eigenvalue weighted by molar-refractivity contribution is 8.26. The molecule has 1 amide bonds. The predicted molar refractivity (Wildman–Crippen MR) is 80.2 cm³/mol. The van der Waals surface area contributed by atoms with E-state index in [-0.39, 0.29) is 24.6 Å². The average molecular weight is 309 g/mol. The Labute approximate surface area is 124 Å². The van der Waals surface area contributed by atoms with Crippen molar-refractivity contribution in [3.63, 3.8) is 0 Å². The summed E-state index contributed by atoms with van der Waals surface area (Å²) in [5, 5.41) is 18.3. The monoisotopic (exact) mass is 309 g/mol. The van der Waals surface area contributed by atoms with E-state index in [0.717, 1.165) is 11.8 Å². The lowest BCUT2D eigenvalue weighted by Gasteiger charge is -2.12. The largest absolute Gasteiger partial charge is 0.507 e. The Morgan fingerprint density at radius 2 is 2.10 bits per heavy atom. The van der Waals surface area contributed by atoms with E-state index in [2.05, 4.69) is 0 Å². The van der Waals surface area contributed by atoms with E-state index in [1.54, 1.807) is 24.3 Å². The number of amides is 1. The number of carbonyl (C=O) groups excluding carboxylic acids is 1. The molecule has 1 fully saturated rings. The second-order valence-electron chi connectivity index (χ2n) is 4.04. The molecule has 0 saturated carbocycles. The van der Waals surface area contributed by atoms with Gasteiger partial charge < -0.3 is 10.2 Å². The second kappa shape index (κ2) is 6.06. The summed E-state index contributed by atoms with van der Waals surface area (Å²) in [4.78, 5) is 24.3. The van der Waals surface area contributed by atoms with Crippen LogP contribution < -0.4 is 0 Å². The molecule has 1 aliphatic heterocycles. The van der Waals surface area contributed by atoms with Crippen LogP contribution >= 0.6 is 24.0 Å². The van der Waals surface area contributed by atoms with Gasteiger partial charge in [-0.25, -0.2) is 0 Å². The van der Waals surface area contributed by atoms with Crippen LogP contribution in [0.3, 0.4) is 0 Å². The van der Waals surface area contributed by atoms with Crippen LogP contribution in [0.15, 0.2) is 29.2 Å². The summed E-state index contributed by atoms with van der Waals surface area (Å²) in [7, 11) is 0. The topological polar surface area (TPSA) is 77.8 Å². The second-order valence-corrected chi connectivity index (χ2v) is 5.71. The van der Waals surface area contributed by atoms with E-state index in [1.807, 2.05) is 0 Å². The number of benzene rings is 1. The van der Waals surface area contributed by atoms with Crippen LogP contribution in [0.5, 0.6) is 5.75 Å². The van der Waals surface area contributed by atoms with Crippen molar-refractivity contribution >= 4 is 46.3 Å². The molecule has 0 bridgehead atoms. The van der Waals surface area contributed by atoms with E-state index in [1.165, 1.54) is 11.0 Å². The molecule has 0 aliphatic carbocycles. The minimum atomic E-state index is -0.983. The average Bonchev–Trinajstić information content (AvgIpc) is 2.65. The molecule has 7 heteroatoms. The number of aliphatic carboxylic acids is 1. The van der Waals surface area contributed by atoms with Crippen LogP contribution in [0.4, 0.5) is 0 Å². The molecule has 1 aromatic rings. The highest BCUT2D eigenvalue weighted by Crippen LogP contribution is 2.33. The smallest absolute Gasteiger partial charge is 0.305 e. The first-order chi connectivity index (χ1) is 9.49. The number of thiocarbonyl (C=S) groups is 1. The molecular weight excluding hydrogens is 298 g/mol. The Morgan fingerprint density at radius 1 is 1.40 bits per heavy atom. The van der Waals surface area contributed by atoms with Gasteiger partial charge in [-0.2, -0.15) is 0 Å². The standard InChI is InChI=1S/C13H11NO4S2/c15-9-4-2-1-3-8(9)7-10-12(18)14(13(19)20-10)6-5-11(16)17/h1-4,7,15H,5-6H2,(H,16,17)/b10-7-. The van der Waals surface area contributed by atoms with Gasteiger partial charge in [0.15, 0.2) is 0 Å². The van der Waals surface area contributed by atoms with E-state index >= 15 is 0 Å². The number of carbonyl (C=O) groups is 2. The van der Waals surface area contributed by atoms with Gasteiger partial charge in [-0.05, 0) is 12.1 Å². The maximum absolute atomic E-state index is 12.1. The first kappa shape index (κ1) is 14.5. The Hall–Kier alpha value is -1.86. The van der Waals surface area contributed by atoms with Gasteiger partial charge in [0, 0.05) is 12.1 Å². The van der Waals surface area contributed by atoms with Crippen molar-refractivity contribution in [2.75, 3.05) is 6.54 Å². The van der Waals surface area contributed by atoms with Crippen molar-refractivity contribution in [3.05, 3.63) is 34.7 Å². The van der Waals surface area contributed by atoms with Crippen molar-refractivity contribution in [1.82, 2.24) is 4.90 Å². The highest BCUT2D eigenvalue weighted by Gasteiger charge is 2.32. The molecule has 2 rings (SSSR count). The molecule has 5 nitrogen and oxygen atoms in total. The Kier molecular flexibility index (Phi) is 4.41. The van der Waals surface area contributed by atoms with Gasteiger partial charge in [0.05, 0.1) is 11.3 Å². The fourth-order valence-corrected chi connectivity index (χ4v) is 2.95. The minimum Gasteiger partial charge on any atom is -0.507 e. The Bertz CT molecular complexity index is 612. The third kappa shape index (κ3) is 3.17. The van der Waals surface area contributed by atoms with Crippen molar-refractivity contribution in [3.8, 4) is 5.75 Å². The number of aromatic hydroxyl groups is 1. The summed E-state index contributed by atoms with van der Waals surface area (Å²) in [6, 6.07) is 6.64. The van der Waals surface area contributed by atoms with Crippen LogP contribution in [0.1, 0.15) is 12.0 Å². The fraction of sp³-hybridized carbons (Fsp3) is 0.154. The van der Waals surface area contributed by atoms with Gasteiger partial charge in [0.2, 0.25) is 0 Å². The molecule has 0 unspecified atom stereocenters. The van der Waals surface area contributed by atoms with Crippen LogP contribution in [0.25, 0.3) is 6.08 Å². The summed E-state index contributed by atoms with van der Waals surface area (Å²) in [6.45, 7) is 0.0537. The molecule has 1 aliphatic rings. The van der Waals surface area contributed by atoms with Crippen LogP contribution in [-0.2, 0) is 9.59 Å². The molecule has 104 valence electrons. The number of rotatable bonds is 4. The third-order valence-corrected chi connectivity index (χ3v) is 4.02. The van der Waals surface area contributed by atoms with E-state index in [4.69, 9.17) is 17.3 Å². The lowest BCUT2D eigenvalue weighted by molar-refractivity contribution is -0.137. The minimum absolute atomic E-state index is 0.0537. The number of para-hydroxylation sites is 1. The lowest BCUT2D eigenvalue weighted by atomic mass is 10.2. The third-order valence-electron chi connectivity index (χ3n) is 2.65. The number of phenolic OH excluding ortho intramolecular Hbond substituents is 1. The van der Waals surface area contributed by atoms with Gasteiger partial charge in [-0.3, -0.25) is 14.5 Å². The number of carboxylic acids is 1. The van der Waals surface area contributed by atoms with Crippen molar-refractivity contribution < 1.29 is 19.8 Å². The summed E-state index contributed by atoms with van der Waals surface area (Å²) >= 11 is 6.17. The van der Waals surface area contributed by atoms with Crippen molar-refractivity contribution in [1.29, 1.82) is 0 Å². The number of phenols is 1. The summed E-state index contributed by atoms with van der Waals surface area (Å²) in [5.41, 5.74) is 0.520. The molecular formula is C13H11NO4S2. The summed E-state index contributed by atoms with van der Waals surface area (Å²) in [6.07, 6.45) is 1.39. The van der Waals surface area contributed by atoms with Gasteiger partial charge in [-0.15, -0.1) is 0 Å². The summed E-state index contributed by atoms with van der Waals surface area (Å²) < 4.78 is 0.331. The van der Waals surface area contributed by atoms with Gasteiger partial charge in [0.25, 0.3) is 5.91 Å². The van der Waals surface area contributed by atoms with Crippen LogP contribution in [-0.4, -0.2) is 37.9 Å². The zero-order valence-electron chi connectivity index (χ0n) is 10.3. The normalized spacial score (nSPS) is 17.0. The number of carboxylic acid groups (broad SMARTS) is 1. The first-order valence-electron chi connectivity index (χ1n) is 5.74. The quantitative estimate of drug-likeness (QED) is 0.655. The molecule has 1 aromatic carbocycles. The molecule has 0 radical (unpaired) electrons. The van der Waals surface area contributed by atoms with Gasteiger partial charge in [-0.1, -0.05) is 42.2 Å². The number of hydrogen-bond acceptors (Lipinski definition) is 5. The van der Waals surface area contributed by atoms with Gasteiger partial charge >= 0.3 is 5.97 Å². The predicted octanol–water partition coefficient (Wildman–Crippen LogP) is 2.07. The zero-order chi connectivity index (χ0) is 14.7. The molecule has 0 spiro atoms.